The Kier molecular flexibility index (Phi) is 11.1. The first-order chi connectivity index (χ1) is 27.7. The maximum atomic E-state index is 15.3. The summed E-state index contributed by atoms with van der Waals surface area (Å²) in [6.45, 7) is 6.19. The Morgan fingerprint density at radius 1 is 0.895 bits per heavy atom. The normalized spacial score (nSPS) is 20.1. The summed E-state index contributed by atoms with van der Waals surface area (Å²) < 4.78 is 15.3. The summed E-state index contributed by atoms with van der Waals surface area (Å²) in [5.74, 6) is 0.366. The summed E-state index contributed by atoms with van der Waals surface area (Å²) in [6, 6.07) is 16.0. The van der Waals surface area contributed by atoms with Crippen molar-refractivity contribution in [2.45, 2.75) is 51.1 Å². The highest BCUT2D eigenvalue weighted by molar-refractivity contribution is 6.30. The molecule has 2 saturated heterocycles. The molecule has 1 aromatic carbocycles. The molecule has 6 heterocycles. The number of benzene rings is 1. The molecule has 0 atom stereocenters. The molecule has 3 aliphatic heterocycles. The second kappa shape index (κ2) is 16.7. The molecule has 3 fully saturated rings. The number of carbonyl (C=O) groups excluding carboxylic acids is 3. The van der Waals surface area contributed by atoms with Crippen LogP contribution in [0.2, 0.25) is 5.15 Å². The van der Waals surface area contributed by atoms with Gasteiger partial charge in [0.05, 0.1) is 23.4 Å². The van der Waals surface area contributed by atoms with Crippen LogP contribution in [-0.4, -0.2) is 94.5 Å². The number of halogens is 2. The number of amides is 4. The lowest BCUT2D eigenvalue weighted by atomic mass is 9.85. The molecule has 17 heteroatoms. The topological polar surface area (TPSA) is 176 Å². The van der Waals surface area contributed by atoms with E-state index in [1.54, 1.807) is 23.1 Å². The summed E-state index contributed by atoms with van der Waals surface area (Å²) in [6.07, 6.45) is 5.98. The summed E-state index contributed by atoms with van der Waals surface area (Å²) >= 11 is 6.16. The Morgan fingerprint density at radius 2 is 1.67 bits per heavy atom. The lowest BCUT2D eigenvalue weighted by molar-refractivity contribution is -0.120. The zero-order valence-corrected chi connectivity index (χ0v) is 32.0. The average Bonchev–Trinajstić information content (AvgIpc) is 3.22. The van der Waals surface area contributed by atoms with E-state index in [1.165, 1.54) is 12.4 Å². The maximum absolute atomic E-state index is 15.3. The third-order valence-corrected chi connectivity index (χ3v) is 11.6. The van der Waals surface area contributed by atoms with Gasteiger partial charge in [-0.2, -0.15) is 9.65 Å². The van der Waals surface area contributed by atoms with Crippen LogP contribution in [0.3, 0.4) is 0 Å². The number of piperazine rings is 1. The molecule has 3 N–H and O–H groups in total. The Labute approximate surface area is 334 Å². The van der Waals surface area contributed by atoms with Crippen LogP contribution in [0.1, 0.15) is 59.3 Å². The van der Waals surface area contributed by atoms with Gasteiger partial charge in [0.2, 0.25) is 11.9 Å². The lowest BCUT2D eigenvalue weighted by Crippen LogP contribution is -2.49. The minimum Gasteiger partial charge on any atom is -0.369 e. The predicted molar refractivity (Wildman–Crippen MR) is 212 cm³/mol. The van der Waals surface area contributed by atoms with E-state index in [0.717, 1.165) is 81.0 Å². The van der Waals surface area contributed by atoms with Crippen molar-refractivity contribution in [3.63, 3.8) is 0 Å². The van der Waals surface area contributed by atoms with Crippen LogP contribution < -0.4 is 30.7 Å². The van der Waals surface area contributed by atoms with Crippen LogP contribution in [0.25, 0.3) is 0 Å². The molecule has 15 nitrogen and oxygen atoms in total. The van der Waals surface area contributed by atoms with E-state index in [0.29, 0.717) is 55.6 Å². The van der Waals surface area contributed by atoms with Gasteiger partial charge in [-0.25, -0.2) is 24.7 Å². The number of fused-ring (bicyclic) bond motifs is 1. The number of nitrogens with one attached hydrogen (secondary N) is 3. The average molecular weight is 793 g/mol. The molecule has 0 unspecified atom stereocenters. The molecule has 8 rings (SSSR count). The maximum Gasteiger partial charge on any atom is 0.328 e. The summed E-state index contributed by atoms with van der Waals surface area (Å²) in [7, 11) is 0. The van der Waals surface area contributed by atoms with Gasteiger partial charge in [0.1, 0.15) is 35.0 Å². The third-order valence-electron chi connectivity index (χ3n) is 11.3. The highest BCUT2D eigenvalue weighted by atomic mass is 35.5. The van der Waals surface area contributed by atoms with Gasteiger partial charge in [0.25, 0.3) is 5.91 Å². The first kappa shape index (κ1) is 38.0. The molecule has 4 aliphatic rings. The zero-order chi connectivity index (χ0) is 39.5. The second-order valence-electron chi connectivity index (χ2n) is 14.8. The standard InChI is InChI=1S/C40H42ClFN12O3/c41-36-26(21-43)3-12-34(49-36)53-15-13-30-32(23-53)44-24-45-38(30)48-33-11-10-31(37(42)47-33)39(56)46-27-4-1-25(2-5-27)22-51-17-19-52(20-18-51)28-6-8-29(9-7-28)54-16-14-35(55)50-40(54)57/h3,6-12,24-25,27H,1-2,4-5,13-20,22-23H2,(H,46,56)(H,50,55,57)(H,44,45,47,48)/t25-,27-. The minimum atomic E-state index is -0.855. The number of nitriles is 1. The smallest absolute Gasteiger partial charge is 0.328 e. The molecular weight excluding hydrogens is 751 g/mol. The number of aromatic nitrogens is 4. The number of imide groups is 1. The van der Waals surface area contributed by atoms with Crippen LogP contribution in [0.15, 0.2) is 54.9 Å². The molecular formula is C40H42ClFN12O3. The number of rotatable bonds is 9. The molecule has 294 valence electrons. The minimum absolute atomic E-state index is 0.0233. The summed E-state index contributed by atoms with van der Waals surface area (Å²) in [5.41, 5.74) is 3.76. The number of carbonyl (C=O) groups is 3. The highest BCUT2D eigenvalue weighted by Gasteiger charge is 2.29. The number of urea groups is 1. The molecule has 1 aliphatic carbocycles. The quantitative estimate of drug-likeness (QED) is 0.198. The molecule has 0 bridgehead atoms. The fourth-order valence-electron chi connectivity index (χ4n) is 8.10. The Balaban J connectivity index is 0.781. The molecule has 1 saturated carbocycles. The van der Waals surface area contributed by atoms with Gasteiger partial charge in [0.15, 0.2) is 0 Å². The zero-order valence-electron chi connectivity index (χ0n) is 31.3. The van der Waals surface area contributed by atoms with E-state index in [4.69, 9.17) is 16.9 Å². The van der Waals surface area contributed by atoms with Crippen molar-refractivity contribution >= 4 is 58.3 Å². The van der Waals surface area contributed by atoms with E-state index in [-0.39, 0.29) is 34.5 Å². The molecule has 57 heavy (non-hydrogen) atoms. The molecule has 3 aromatic heterocycles. The van der Waals surface area contributed by atoms with Crippen LogP contribution in [0, 0.1) is 23.2 Å². The van der Waals surface area contributed by atoms with Gasteiger partial charge >= 0.3 is 6.03 Å². The number of pyridine rings is 2. The monoisotopic (exact) mass is 792 g/mol. The fourth-order valence-corrected chi connectivity index (χ4v) is 8.29. The van der Waals surface area contributed by atoms with Gasteiger partial charge < -0.3 is 20.4 Å². The number of hydrogen-bond donors (Lipinski definition) is 3. The van der Waals surface area contributed by atoms with Crippen LogP contribution in [0.5, 0.6) is 0 Å². The van der Waals surface area contributed by atoms with Crippen molar-refractivity contribution in [1.82, 2.24) is 35.5 Å². The fraction of sp³-hybridized carbons (Fsp3) is 0.400. The van der Waals surface area contributed by atoms with Crippen molar-refractivity contribution in [3.8, 4) is 6.07 Å². The van der Waals surface area contributed by atoms with Crippen molar-refractivity contribution in [2.75, 3.05) is 65.8 Å². The van der Waals surface area contributed by atoms with Crippen LogP contribution in [0.4, 0.5) is 38.0 Å². The first-order valence-electron chi connectivity index (χ1n) is 19.3. The molecule has 4 aromatic rings. The first-order valence-corrected chi connectivity index (χ1v) is 19.7. The largest absolute Gasteiger partial charge is 0.369 e. The molecule has 0 radical (unpaired) electrons. The Hall–Kier alpha value is -5.92. The van der Waals surface area contributed by atoms with E-state index in [2.05, 4.69) is 45.7 Å². The van der Waals surface area contributed by atoms with E-state index >= 15 is 4.39 Å². The molecule has 0 spiro atoms. The van der Waals surface area contributed by atoms with E-state index in [1.807, 2.05) is 35.2 Å². The second-order valence-corrected chi connectivity index (χ2v) is 15.2. The van der Waals surface area contributed by atoms with E-state index in [9.17, 15) is 14.4 Å². The van der Waals surface area contributed by atoms with Crippen molar-refractivity contribution in [1.29, 1.82) is 5.26 Å². The Morgan fingerprint density at radius 3 is 2.39 bits per heavy atom. The van der Waals surface area contributed by atoms with Gasteiger partial charge in [-0.05, 0) is 86.6 Å². The Bertz CT molecular complexity index is 2200. The highest BCUT2D eigenvalue weighted by Crippen LogP contribution is 2.30. The summed E-state index contributed by atoms with van der Waals surface area (Å²) in [5, 5.41) is 17.8. The third kappa shape index (κ3) is 8.59. The van der Waals surface area contributed by atoms with Gasteiger partial charge in [-0.3, -0.25) is 24.7 Å². The SMILES string of the molecule is N#Cc1ccc(N2CCc3c(ncnc3Nc3ccc(C(=O)N[C@H]4CC[C@H](CN5CCN(c6ccc(N7CCC(=O)NC7=O)cc6)CC5)CC4)c(F)n3)C2)nc1Cl. The lowest BCUT2D eigenvalue weighted by Gasteiger charge is -2.39. The van der Waals surface area contributed by atoms with Crippen LogP contribution in [-0.2, 0) is 17.8 Å². The van der Waals surface area contributed by atoms with Crippen molar-refractivity contribution in [3.05, 3.63) is 88.3 Å². The van der Waals surface area contributed by atoms with E-state index < -0.39 is 11.9 Å². The van der Waals surface area contributed by atoms with Gasteiger partial charge in [0, 0.05) is 75.2 Å². The molecule has 4 amide bonds. The number of anilines is 5. The van der Waals surface area contributed by atoms with Crippen molar-refractivity contribution in [2.24, 2.45) is 5.92 Å². The van der Waals surface area contributed by atoms with Gasteiger partial charge in [-0.15, -0.1) is 0 Å². The number of nitrogens with zero attached hydrogens (tertiary/aromatic N) is 9. The summed E-state index contributed by atoms with van der Waals surface area (Å²) in [4.78, 5) is 62.6. The van der Waals surface area contributed by atoms with Gasteiger partial charge in [-0.1, -0.05) is 11.6 Å². The number of hydrogen-bond acceptors (Lipinski definition) is 12. The van der Waals surface area contributed by atoms with Crippen LogP contribution >= 0.6 is 11.6 Å². The predicted octanol–water partition coefficient (Wildman–Crippen LogP) is 4.79. The van der Waals surface area contributed by atoms with Crippen molar-refractivity contribution < 1.29 is 18.8 Å².